The van der Waals surface area contributed by atoms with Gasteiger partial charge in [-0.25, -0.2) is 0 Å². The van der Waals surface area contributed by atoms with Gasteiger partial charge < -0.3 is 19.4 Å². The zero-order valence-electron chi connectivity index (χ0n) is 19.9. The fourth-order valence-corrected chi connectivity index (χ4v) is 4.53. The summed E-state index contributed by atoms with van der Waals surface area (Å²) in [6.45, 7) is 4.55. The van der Waals surface area contributed by atoms with Crippen molar-refractivity contribution in [2.75, 3.05) is 53.9 Å². The highest BCUT2D eigenvalue weighted by atomic mass is 35.5. The number of hydrogen-bond acceptors (Lipinski definition) is 4. The minimum absolute atomic E-state index is 0.0417. The average molecular weight is 492 g/mol. The van der Waals surface area contributed by atoms with Crippen LogP contribution >= 0.6 is 23.2 Å². The number of para-hydroxylation sites is 1. The van der Waals surface area contributed by atoms with Crippen molar-refractivity contribution < 1.29 is 9.53 Å². The SMILES string of the molecule is CN(C)CCCOc1ccccc1C(CN1CCCC1)N(C)C(=O)Cc1ccc(Cl)c(Cl)c1. The molecule has 33 heavy (non-hydrogen) atoms. The molecule has 0 bridgehead atoms. The Morgan fingerprint density at radius 3 is 2.48 bits per heavy atom. The molecule has 1 aliphatic heterocycles. The quantitative estimate of drug-likeness (QED) is 0.406. The monoisotopic (exact) mass is 491 g/mol. The van der Waals surface area contributed by atoms with E-state index in [-0.39, 0.29) is 18.4 Å². The maximum atomic E-state index is 13.3. The van der Waals surface area contributed by atoms with Gasteiger partial charge in [-0.05, 0) is 70.2 Å². The fourth-order valence-electron chi connectivity index (χ4n) is 4.21. The summed E-state index contributed by atoms with van der Waals surface area (Å²) in [7, 11) is 6.02. The molecular weight excluding hydrogens is 457 g/mol. The number of nitrogens with zero attached hydrogens (tertiary/aromatic N) is 3. The lowest BCUT2D eigenvalue weighted by molar-refractivity contribution is -0.131. The van der Waals surface area contributed by atoms with Gasteiger partial charge in [-0.2, -0.15) is 0 Å². The highest BCUT2D eigenvalue weighted by molar-refractivity contribution is 6.42. The predicted molar refractivity (Wildman–Crippen MR) is 136 cm³/mol. The molecule has 1 atom stereocenters. The number of likely N-dealkylation sites (tertiary alicyclic amines) is 1. The standard InChI is InChI=1S/C26H35Cl2N3O2/c1-29(2)13-8-16-33-25-10-5-4-9-21(25)24(19-31-14-6-7-15-31)30(3)26(32)18-20-11-12-22(27)23(28)17-20/h4-5,9-12,17,24H,6-8,13-16,18-19H2,1-3H3. The van der Waals surface area contributed by atoms with E-state index in [4.69, 9.17) is 27.9 Å². The third-order valence-electron chi connectivity index (χ3n) is 6.12. The molecule has 0 aromatic heterocycles. The van der Waals surface area contributed by atoms with Crippen LogP contribution in [0.25, 0.3) is 0 Å². The van der Waals surface area contributed by atoms with E-state index in [9.17, 15) is 4.79 Å². The van der Waals surface area contributed by atoms with Gasteiger partial charge in [0.15, 0.2) is 0 Å². The second kappa shape index (κ2) is 12.6. The molecule has 1 amide bonds. The minimum Gasteiger partial charge on any atom is -0.493 e. The van der Waals surface area contributed by atoms with Crippen LogP contribution in [0.1, 0.15) is 36.4 Å². The lowest BCUT2D eigenvalue weighted by Gasteiger charge is -2.33. The number of carbonyl (C=O) groups is 1. The molecule has 1 unspecified atom stereocenters. The smallest absolute Gasteiger partial charge is 0.227 e. The number of rotatable bonds is 11. The van der Waals surface area contributed by atoms with E-state index in [0.29, 0.717) is 16.7 Å². The third kappa shape index (κ3) is 7.61. The zero-order valence-corrected chi connectivity index (χ0v) is 21.4. The molecule has 2 aromatic rings. The third-order valence-corrected chi connectivity index (χ3v) is 6.85. The van der Waals surface area contributed by atoms with Gasteiger partial charge >= 0.3 is 0 Å². The van der Waals surface area contributed by atoms with Crippen molar-refractivity contribution in [3.8, 4) is 5.75 Å². The Bertz CT molecular complexity index is 916. The van der Waals surface area contributed by atoms with Gasteiger partial charge in [0.2, 0.25) is 5.91 Å². The lowest BCUT2D eigenvalue weighted by Crippen LogP contribution is -2.39. The summed E-state index contributed by atoms with van der Waals surface area (Å²) in [6.07, 6.45) is 3.63. The molecule has 0 saturated carbocycles. The summed E-state index contributed by atoms with van der Waals surface area (Å²) in [6, 6.07) is 13.4. The molecule has 1 saturated heterocycles. The number of likely N-dealkylation sites (N-methyl/N-ethyl adjacent to an activating group) is 1. The maximum Gasteiger partial charge on any atom is 0.227 e. The number of amides is 1. The van der Waals surface area contributed by atoms with E-state index < -0.39 is 0 Å². The molecule has 0 N–H and O–H groups in total. The number of benzene rings is 2. The van der Waals surface area contributed by atoms with Crippen molar-refractivity contribution in [1.29, 1.82) is 0 Å². The Hall–Kier alpha value is -1.79. The van der Waals surface area contributed by atoms with Crippen LogP contribution in [-0.4, -0.2) is 74.5 Å². The van der Waals surface area contributed by atoms with Crippen LogP contribution in [-0.2, 0) is 11.2 Å². The van der Waals surface area contributed by atoms with E-state index in [1.165, 1.54) is 12.8 Å². The predicted octanol–water partition coefficient (Wildman–Crippen LogP) is 5.16. The van der Waals surface area contributed by atoms with Crippen LogP contribution in [0.2, 0.25) is 10.0 Å². The second-order valence-corrected chi connectivity index (χ2v) is 9.81. The number of carbonyl (C=O) groups excluding carboxylic acids is 1. The molecule has 0 spiro atoms. The number of hydrogen-bond donors (Lipinski definition) is 0. The Morgan fingerprint density at radius 1 is 1.06 bits per heavy atom. The molecule has 0 radical (unpaired) electrons. The Kier molecular flexibility index (Phi) is 9.87. The van der Waals surface area contributed by atoms with E-state index in [1.54, 1.807) is 12.1 Å². The van der Waals surface area contributed by atoms with Crippen LogP contribution in [0, 0.1) is 0 Å². The van der Waals surface area contributed by atoms with E-state index in [2.05, 4.69) is 30.0 Å². The van der Waals surface area contributed by atoms with Crippen LogP contribution in [0.15, 0.2) is 42.5 Å². The summed E-state index contributed by atoms with van der Waals surface area (Å²) >= 11 is 12.2. The fraction of sp³-hybridized carbons (Fsp3) is 0.500. The Labute approximate surface area is 208 Å². The lowest BCUT2D eigenvalue weighted by atomic mass is 10.0. The van der Waals surface area contributed by atoms with Gasteiger partial charge in [0, 0.05) is 25.7 Å². The van der Waals surface area contributed by atoms with Crippen LogP contribution in [0.5, 0.6) is 5.75 Å². The summed E-state index contributed by atoms with van der Waals surface area (Å²) < 4.78 is 6.19. The summed E-state index contributed by atoms with van der Waals surface area (Å²) in [5, 5.41) is 0.961. The molecule has 180 valence electrons. The number of ether oxygens (including phenoxy) is 1. The first kappa shape index (κ1) is 25.8. The first-order valence-corrected chi connectivity index (χ1v) is 12.4. The molecule has 0 aliphatic carbocycles. The molecule has 1 heterocycles. The van der Waals surface area contributed by atoms with Crippen molar-refractivity contribution in [2.45, 2.75) is 31.7 Å². The van der Waals surface area contributed by atoms with Gasteiger partial charge in [0.25, 0.3) is 0 Å². The van der Waals surface area contributed by atoms with Crippen molar-refractivity contribution in [3.05, 3.63) is 63.6 Å². The molecule has 2 aromatic carbocycles. The largest absolute Gasteiger partial charge is 0.493 e. The van der Waals surface area contributed by atoms with Crippen molar-refractivity contribution >= 4 is 29.1 Å². The average Bonchev–Trinajstić information content (AvgIpc) is 3.31. The maximum absolute atomic E-state index is 13.3. The summed E-state index contributed by atoms with van der Waals surface area (Å²) in [4.78, 5) is 19.8. The van der Waals surface area contributed by atoms with Crippen molar-refractivity contribution in [3.63, 3.8) is 0 Å². The first-order valence-electron chi connectivity index (χ1n) is 11.6. The second-order valence-electron chi connectivity index (χ2n) is 9.00. The molecule has 1 fully saturated rings. The summed E-state index contributed by atoms with van der Waals surface area (Å²) in [5.74, 6) is 0.898. The summed E-state index contributed by atoms with van der Waals surface area (Å²) in [5.41, 5.74) is 1.91. The topological polar surface area (TPSA) is 36.0 Å². The first-order chi connectivity index (χ1) is 15.8. The van der Waals surface area contributed by atoms with E-state index in [1.807, 2.05) is 36.2 Å². The van der Waals surface area contributed by atoms with Gasteiger partial charge in [0.1, 0.15) is 5.75 Å². The van der Waals surface area contributed by atoms with E-state index in [0.717, 1.165) is 49.5 Å². The van der Waals surface area contributed by atoms with Crippen molar-refractivity contribution in [2.24, 2.45) is 0 Å². The van der Waals surface area contributed by atoms with Gasteiger partial charge in [-0.3, -0.25) is 4.79 Å². The van der Waals surface area contributed by atoms with Gasteiger partial charge in [0.05, 0.1) is 29.1 Å². The van der Waals surface area contributed by atoms with Crippen LogP contribution < -0.4 is 4.74 Å². The normalized spacial score (nSPS) is 15.1. The van der Waals surface area contributed by atoms with Gasteiger partial charge in [-0.1, -0.05) is 47.5 Å². The number of halogens is 2. The Balaban J connectivity index is 1.79. The Morgan fingerprint density at radius 2 is 1.79 bits per heavy atom. The molecule has 1 aliphatic rings. The molecule has 3 rings (SSSR count). The minimum atomic E-state index is -0.0941. The molecule has 5 nitrogen and oxygen atoms in total. The van der Waals surface area contributed by atoms with Crippen molar-refractivity contribution in [1.82, 2.24) is 14.7 Å². The molecule has 7 heteroatoms. The van der Waals surface area contributed by atoms with E-state index >= 15 is 0 Å². The van der Waals surface area contributed by atoms with Crippen LogP contribution in [0.4, 0.5) is 0 Å². The zero-order chi connectivity index (χ0) is 23.8. The molecular formula is C26H35Cl2N3O2. The highest BCUT2D eigenvalue weighted by Crippen LogP contribution is 2.31. The van der Waals surface area contributed by atoms with Crippen LogP contribution in [0.3, 0.4) is 0 Å². The van der Waals surface area contributed by atoms with Gasteiger partial charge in [-0.15, -0.1) is 0 Å². The highest BCUT2D eigenvalue weighted by Gasteiger charge is 2.28.